The van der Waals surface area contributed by atoms with Crippen LogP contribution in [0.3, 0.4) is 0 Å². The molecule has 0 aromatic heterocycles. The lowest BCUT2D eigenvalue weighted by atomic mass is 10.0. The maximum atomic E-state index is 12.7. The second kappa shape index (κ2) is 5.94. The van der Waals surface area contributed by atoms with E-state index in [1.54, 1.807) is 6.07 Å². The summed E-state index contributed by atoms with van der Waals surface area (Å²) >= 11 is 0. The van der Waals surface area contributed by atoms with Crippen molar-refractivity contribution in [3.05, 3.63) is 23.8 Å². The van der Waals surface area contributed by atoms with Gasteiger partial charge >= 0.3 is 0 Å². The summed E-state index contributed by atoms with van der Waals surface area (Å²) in [5.74, 6) is 0. The van der Waals surface area contributed by atoms with Gasteiger partial charge in [-0.15, -0.1) is 0 Å². The van der Waals surface area contributed by atoms with Crippen LogP contribution in [0.2, 0.25) is 0 Å². The molecule has 0 saturated carbocycles. The molecule has 0 amide bonds. The summed E-state index contributed by atoms with van der Waals surface area (Å²) in [4.78, 5) is 2.62. The third-order valence-electron chi connectivity index (χ3n) is 4.29. The summed E-state index contributed by atoms with van der Waals surface area (Å²) < 4.78 is 28.3. The average molecular weight is 309 g/mol. The first-order valence-corrected chi connectivity index (χ1v) is 9.11. The van der Waals surface area contributed by atoms with Crippen molar-refractivity contribution >= 4 is 15.7 Å². The van der Waals surface area contributed by atoms with E-state index < -0.39 is 10.0 Å². The lowest BCUT2D eigenvalue weighted by molar-refractivity contribution is 0.242. The van der Waals surface area contributed by atoms with Crippen molar-refractivity contribution in [3.63, 3.8) is 0 Å². The maximum Gasteiger partial charge on any atom is 0.241 e. The molecular weight excluding hydrogens is 286 g/mol. The van der Waals surface area contributed by atoms with Crippen molar-refractivity contribution in [1.82, 2.24) is 9.62 Å². The van der Waals surface area contributed by atoms with Crippen LogP contribution in [0.1, 0.15) is 24.8 Å². The fourth-order valence-corrected chi connectivity index (χ4v) is 4.83. The molecule has 5 nitrogen and oxygen atoms in total. The molecule has 1 unspecified atom stereocenters. The summed E-state index contributed by atoms with van der Waals surface area (Å²) in [5, 5.41) is 3.29. The molecule has 2 heterocycles. The number of likely N-dealkylation sites (tertiary alicyclic amines) is 1. The Morgan fingerprint density at radius 2 is 2.19 bits per heavy atom. The Balaban J connectivity index is 1.85. The Labute approximate surface area is 126 Å². The zero-order valence-corrected chi connectivity index (χ0v) is 13.2. The Bertz CT molecular complexity index is 615. The largest absolute Gasteiger partial charge is 0.385 e. The zero-order valence-electron chi connectivity index (χ0n) is 12.4. The van der Waals surface area contributed by atoms with Crippen LogP contribution in [-0.4, -0.2) is 46.0 Å². The number of benzene rings is 1. The minimum Gasteiger partial charge on any atom is -0.385 e. The SMILES string of the molecule is CN1CCCC(NS(=O)(=O)c2cccc3c2CCCN3)C1. The zero-order chi connectivity index (χ0) is 14.9. The minimum absolute atomic E-state index is 0.0150. The first-order chi connectivity index (χ1) is 10.1. The van der Waals surface area contributed by atoms with Gasteiger partial charge in [0, 0.05) is 24.8 Å². The molecule has 1 fully saturated rings. The molecule has 1 aromatic carbocycles. The number of piperidine rings is 1. The Kier molecular flexibility index (Phi) is 4.19. The molecule has 1 atom stereocenters. The average Bonchev–Trinajstić information content (AvgIpc) is 2.46. The Morgan fingerprint density at radius 1 is 1.33 bits per heavy atom. The number of likely N-dealkylation sites (N-methyl/N-ethyl adjacent to an activating group) is 1. The van der Waals surface area contributed by atoms with Gasteiger partial charge in [0.15, 0.2) is 0 Å². The molecule has 2 aliphatic heterocycles. The van der Waals surface area contributed by atoms with Crippen molar-refractivity contribution in [2.45, 2.75) is 36.6 Å². The highest BCUT2D eigenvalue weighted by Gasteiger charge is 2.27. The molecular formula is C15H23N3O2S. The number of rotatable bonds is 3. The number of hydrogen-bond donors (Lipinski definition) is 2. The van der Waals surface area contributed by atoms with Gasteiger partial charge in [-0.3, -0.25) is 0 Å². The maximum absolute atomic E-state index is 12.7. The number of nitrogens with one attached hydrogen (secondary N) is 2. The Morgan fingerprint density at radius 3 is 3.00 bits per heavy atom. The number of nitrogens with zero attached hydrogens (tertiary/aromatic N) is 1. The summed E-state index contributed by atoms with van der Waals surface area (Å²) in [6.07, 6.45) is 3.75. The molecule has 0 aliphatic carbocycles. The highest BCUT2D eigenvalue weighted by Crippen LogP contribution is 2.28. The van der Waals surface area contributed by atoms with E-state index in [-0.39, 0.29) is 6.04 Å². The summed E-state index contributed by atoms with van der Waals surface area (Å²) in [5.41, 5.74) is 1.89. The molecule has 2 aliphatic rings. The van der Waals surface area contributed by atoms with Crippen LogP contribution in [0.15, 0.2) is 23.1 Å². The first-order valence-electron chi connectivity index (χ1n) is 7.63. The molecule has 2 N–H and O–H groups in total. The van der Waals surface area contributed by atoms with Gasteiger partial charge in [-0.25, -0.2) is 13.1 Å². The van der Waals surface area contributed by atoms with Gasteiger partial charge in [0.1, 0.15) is 0 Å². The van der Waals surface area contributed by atoms with Gasteiger partial charge in [0.2, 0.25) is 10.0 Å². The van der Waals surface area contributed by atoms with E-state index in [0.29, 0.717) is 4.90 Å². The standard InChI is InChI=1S/C15H23N3O2S/c1-18-10-4-5-12(11-18)17-21(19,20)15-8-2-7-14-13(15)6-3-9-16-14/h2,7-8,12,16-17H,3-6,9-11H2,1H3. The van der Waals surface area contributed by atoms with Gasteiger partial charge in [-0.05, 0) is 57.0 Å². The van der Waals surface area contributed by atoms with Crippen LogP contribution in [0, 0.1) is 0 Å². The van der Waals surface area contributed by atoms with Gasteiger partial charge in [0.25, 0.3) is 0 Å². The van der Waals surface area contributed by atoms with E-state index in [2.05, 4.69) is 14.9 Å². The highest BCUT2D eigenvalue weighted by atomic mass is 32.2. The molecule has 3 rings (SSSR count). The van der Waals surface area contributed by atoms with Crippen molar-refractivity contribution in [3.8, 4) is 0 Å². The summed E-state index contributed by atoms with van der Waals surface area (Å²) in [6, 6.07) is 5.52. The second-order valence-electron chi connectivity index (χ2n) is 6.04. The molecule has 0 bridgehead atoms. The monoisotopic (exact) mass is 309 g/mol. The third-order valence-corrected chi connectivity index (χ3v) is 5.89. The van der Waals surface area contributed by atoms with E-state index in [9.17, 15) is 8.42 Å². The quantitative estimate of drug-likeness (QED) is 0.886. The van der Waals surface area contributed by atoms with Gasteiger partial charge in [0.05, 0.1) is 4.90 Å². The number of sulfonamides is 1. The van der Waals surface area contributed by atoms with E-state index in [4.69, 9.17) is 0 Å². The first kappa shape index (κ1) is 14.8. The van der Waals surface area contributed by atoms with Crippen LogP contribution in [0.5, 0.6) is 0 Å². The van der Waals surface area contributed by atoms with Gasteiger partial charge in [-0.1, -0.05) is 6.07 Å². The third kappa shape index (κ3) is 3.22. The predicted octanol–water partition coefficient (Wildman–Crippen LogP) is 1.42. The second-order valence-corrected chi connectivity index (χ2v) is 7.72. The van der Waals surface area contributed by atoms with Crippen LogP contribution in [0.25, 0.3) is 0 Å². The van der Waals surface area contributed by atoms with E-state index in [1.807, 2.05) is 19.2 Å². The van der Waals surface area contributed by atoms with E-state index in [1.165, 1.54) is 0 Å². The van der Waals surface area contributed by atoms with Crippen molar-refractivity contribution in [1.29, 1.82) is 0 Å². The predicted molar refractivity (Wildman–Crippen MR) is 84.1 cm³/mol. The summed E-state index contributed by atoms with van der Waals surface area (Å²) in [7, 11) is -1.40. The van der Waals surface area contributed by atoms with Crippen molar-refractivity contribution in [2.24, 2.45) is 0 Å². The van der Waals surface area contributed by atoms with Crippen LogP contribution < -0.4 is 10.0 Å². The molecule has 0 radical (unpaired) electrons. The fraction of sp³-hybridized carbons (Fsp3) is 0.600. The molecule has 1 aromatic rings. The number of hydrogen-bond acceptors (Lipinski definition) is 4. The lowest BCUT2D eigenvalue weighted by Crippen LogP contribution is -2.46. The van der Waals surface area contributed by atoms with Crippen molar-refractivity contribution in [2.75, 3.05) is 32.0 Å². The van der Waals surface area contributed by atoms with Crippen molar-refractivity contribution < 1.29 is 8.42 Å². The molecule has 1 saturated heterocycles. The van der Waals surface area contributed by atoms with Crippen LogP contribution in [-0.2, 0) is 16.4 Å². The Hall–Kier alpha value is -1.11. The van der Waals surface area contributed by atoms with Crippen LogP contribution in [0.4, 0.5) is 5.69 Å². The number of fused-ring (bicyclic) bond motifs is 1. The molecule has 116 valence electrons. The normalized spacial score (nSPS) is 23.4. The summed E-state index contributed by atoms with van der Waals surface area (Å²) in [6.45, 7) is 2.74. The highest BCUT2D eigenvalue weighted by molar-refractivity contribution is 7.89. The van der Waals surface area contributed by atoms with Gasteiger partial charge in [-0.2, -0.15) is 0 Å². The van der Waals surface area contributed by atoms with Crippen LogP contribution >= 0.6 is 0 Å². The van der Waals surface area contributed by atoms with E-state index >= 15 is 0 Å². The molecule has 21 heavy (non-hydrogen) atoms. The fourth-order valence-electron chi connectivity index (χ4n) is 3.27. The topological polar surface area (TPSA) is 61.4 Å². The smallest absolute Gasteiger partial charge is 0.241 e. The van der Waals surface area contributed by atoms with Gasteiger partial charge < -0.3 is 10.2 Å². The number of anilines is 1. The lowest BCUT2D eigenvalue weighted by Gasteiger charge is -2.30. The molecule has 0 spiro atoms. The molecule has 6 heteroatoms. The minimum atomic E-state index is -3.44. The van der Waals surface area contributed by atoms with E-state index in [0.717, 1.165) is 56.6 Å².